The molecule has 1 aromatic heterocycles. The molecule has 0 saturated carbocycles. The molecule has 0 spiro atoms. The molecule has 0 aliphatic rings. The van der Waals surface area contributed by atoms with Crippen molar-refractivity contribution in [3.05, 3.63) is 0 Å². The van der Waals surface area contributed by atoms with Crippen LogP contribution in [0.1, 0.15) is 34.6 Å². The van der Waals surface area contributed by atoms with E-state index in [1.807, 2.05) is 27.7 Å². The summed E-state index contributed by atoms with van der Waals surface area (Å²) in [5.41, 5.74) is 0. The number of anilines is 3. The average Bonchev–Trinajstić information content (AvgIpc) is 2.32. The van der Waals surface area contributed by atoms with Crippen LogP contribution in [0.25, 0.3) is 0 Å². The van der Waals surface area contributed by atoms with Crippen molar-refractivity contribution in [2.24, 2.45) is 0 Å². The van der Waals surface area contributed by atoms with Gasteiger partial charge in [-0.25, -0.2) is 0 Å². The van der Waals surface area contributed by atoms with E-state index < -0.39 is 0 Å². The van der Waals surface area contributed by atoms with Gasteiger partial charge in [-0.1, -0.05) is 0 Å². The van der Waals surface area contributed by atoms with E-state index in [0.717, 1.165) is 0 Å². The van der Waals surface area contributed by atoms with Gasteiger partial charge in [0.1, 0.15) is 0 Å². The van der Waals surface area contributed by atoms with Gasteiger partial charge in [0.05, 0.1) is 0 Å². The molecule has 1 rings (SSSR count). The zero-order chi connectivity index (χ0) is 15.8. The van der Waals surface area contributed by atoms with Crippen LogP contribution < -0.4 is 21.3 Å². The van der Waals surface area contributed by atoms with Crippen molar-refractivity contribution >= 4 is 23.8 Å². The average molecular weight is 295 g/mol. The monoisotopic (exact) mass is 295 g/mol. The van der Waals surface area contributed by atoms with Gasteiger partial charge in [0.2, 0.25) is 23.8 Å². The summed E-state index contributed by atoms with van der Waals surface area (Å²) < 4.78 is 0. The van der Waals surface area contributed by atoms with Gasteiger partial charge in [-0.15, -0.1) is 0 Å². The first-order valence-corrected chi connectivity index (χ1v) is 7.14. The molecule has 1 heterocycles. The van der Waals surface area contributed by atoms with Crippen molar-refractivity contribution < 1.29 is 4.79 Å². The number of nitrogens with zero attached hydrogens (tertiary/aromatic N) is 3. The van der Waals surface area contributed by atoms with Gasteiger partial charge >= 0.3 is 0 Å². The lowest BCUT2D eigenvalue weighted by Gasteiger charge is -2.14. The second kappa shape index (κ2) is 8.23. The SMILES string of the molecule is CC(=O)NCCNc1nc(NC(C)C)nc(NC(C)C)n1. The molecule has 0 unspecified atom stereocenters. The molecule has 1 aromatic rings. The maximum absolute atomic E-state index is 10.8. The Balaban J connectivity index is 2.73. The molecule has 0 saturated heterocycles. The molecule has 118 valence electrons. The summed E-state index contributed by atoms with van der Waals surface area (Å²) in [6.07, 6.45) is 0. The zero-order valence-corrected chi connectivity index (χ0v) is 13.3. The Bertz CT molecular complexity index is 434. The number of carbonyl (C=O) groups is 1. The number of aromatic nitrogens is 3. The topological polar surface area (TPSA) is 104 Å². The van der Waals surface area contributed by atoms with Crippen LogP contribution in [-0.4, -0.2) is 46.0 Å². The van der Waals surface area contributed by atoms with E-state index in [9.17, 15) is 4.79 Å². The summed E-state index contributed by atoms with van der Waals surface area (Å²) in [7, 11) is 0. The maximum Gasteiger partial charge on any atom is 0.229 e. The molecule has 8 nitrogen and oxygen atoms in total. The van der Waals surface area contributed by atoms with E-state index in [-0.39, 0.29) is 18.0 Å². The third kappa shape index (κ3) is 7.28. The second-order valence-electron chi connectivity index (χ2n) is 5.31. The number of amides is 1. The van der Waals surface area contributed by atoms with E-state index in [0.29, 0.717) is 30.9 Å². The Morgan fingerprint density at radius 2 is 1.38 bits per heavy atom. The number of carbonyl (C=O) groups excluding carboxylic acids is 1. The van der Waals surface area contributed by atoms with Crippen molar-refractivity contribution in [1.82, 2.24) is 20.3 Å². The van der Waals surface area contributed by atoms with E-state index in [1.165, 1.54) is 6.92 Å². The van der Waals surface area contributed by atoms with Crippen molar-refractivity contribution in [2.45, 2.75) is 46.7 Å². The number of hydrogen-bond donors (Lipinski definition) is 4. The normalized spacial score (nSPS) is 10.6. The summed E-state index contributed by atoms with van der Waals surface area (Å²) in [4.78, 5) is 23.7. The minimum atomic E-state index is -0.0585. The largest absolute Gasteiger partial charge is 0.355 e. The highest BCUT2D eigenvalue weighted by Crippen LogP contribution is 2.10. The fourth-order valence-corrected chi connectivity index (χ4v) is 1.51. The second-order valence-corrected chi connectivity index (χ2v) is 5.31. The van der Waals surface area contributed by atoms with Gasteiger partial charge in [-0.05, 0) is 27.7 Å². The van der Waals surface area contributed by atoms with Gasteiger partial charge < -0.3 is 21.3 Å². The Morgan fingerprint density at radius 3 is 1.81 bits per heavy atom. The molecule has 0 fully saturated rings. The van der Waals surface area contributed by atoms with E-state index >= 15 is 0 Å². The third-order valence-electron chi connectivity index (χ3n) is 2.25. The van der Waals surface area contributed by atoms with Gasteiger partial charge in [-0.2, -0.15) is 15.0 Å². The quantitative estimate of drug-likeness (QED) is 0.532. The van der Waals surface area contributed by atoms with Crippen LogP contribution in [0.2, 0.25) is 0 Å². The summed E-state index contributed by atoms with van der Waals surface area (Å²) in [5, 5.41) is 12.1. The Labute approximate surface area is 125 Å². The number of rotatable bonds is 8. The molecule has 0 aliphatic carbocycles. The number of hydrogen-bond acceptors (Lipinski definition) is 7. The highest BCUT2D eigenvalue weighted by molar-refractivity contribution is 5.72. The lowest BCUT2D eigenvalue weighted by atomic mass is 10.4. The van der Waals surface area contributed by atoms with Crippen molar-refractivity contribution in [2.75, 3.05) is 29.0 Å². The summed E-state index contributed by atoms with van der Waals surface area (Å²) in [5.74, 6) is 1.45. The van der Waals surface area contributed by atoms with Gasteiger partial charge in [0.15, 0.2) is 0 Å². The van der Waals surface area contributed by atoms with Crippen LogP contribution in [0.3, 0.4) is 0 Å². The highest BCUT2D eigenvalue weighted by atomic mass is 16.1. The van der Waals surface area contributed by atoms with Gasteiger partial charge in [-0.3, -0.25) is 4.79 Å². The molecule has 4 N–H and O–H groups in total. The van der Waals surface area contributed by atoms with E-state index in [1.54, 1.807) is 0 Å². The molecule has 0 radical (unpaired) electrons. The van der Waals surface area contributed by atoms with Crippen LogP contribution in [0.5, 0.6) is 0 Å². The Morgan fingerprint density at radius 1 is 0.905 bits per heavy atom. The molecule has 21 heavy (non-hydrogen) atoms. The van der Waals surface area contributed by atoms with Crippen LogP contribution >= 0.6 is 0 Å². The maximum atomic E-state index is 10.8. The zero-order valence-electron chi connectivity index (χ0n) is 13.3. The van der Waals surface area contributed by atoms with Crippen LogP contribution in [0.15, 0.2) is 0 Å². The van der Waals surface area contributed by atoms with Crippen LogP contribution in [0, 0.1) is 0 Å². The minimum Gasteiger partial charge on any atom is -0.355 e. The smallest absolute Gasteiger partial charge is 0.229 e. The molecular formula is C13H25N7O. The fourth-order valence-electron chi connectivity index (χ4n) is 1.51. The lowest BCUT2D eigenvalue weighted by molar-refractivity contribution is -0.118. The van der Waals surface area contributed by atoms with Gasteiger partial charge in [0.25, 0.3) is 0 Å². The van der Waals surface area contributed by atoms with Crippen LogP contribution in [-0.2, 0) is 4.79 Å². The van der Waals surface area contributed by atoms with Crippen molar-refractivity contribution in [3.8, 4) is 0 Å². The highest BCUT2D eigenvalue weighted by Gasteiger charge is 2.08. The van der Waals surface area contributed by atoms with Crippen molar-refractivity contribution in [3.63, 3.8) is 0 Å². The van der Waals surface area contributed by atoms with E-state index in [2.05, 4.69) is 36.2 Å². The fraction of sp³-hybridized carbons (Fsp3) is 0.692. The van der Waals surface area contributed by atoms with Crippen LogP contribution in [0.4, 0.5) is 17.8 Å². The molecule has 8 heteroatoms. The Kier molecular flexibility index (Phi) is 6.64. The van der Waals surface area contributed by atoms with Gasteiger partial charge in [0, 0.05) is 32.1 Å². The standard InChI is InChI=1S/C13H25N7O/c1-8(2)16-12-18-11(15-7-6-14-10(5)21)19-13(20-12)17-9(3)4/h8-9H,6-7H2,1-5H3,(H,14,21)(H3,15,16,17,18,19,20). The Hall–Kier alpha value is -2.12. The first-order valence-electron chi connectivity index (χ1n) is 7.14. The molecule has 1 amide bonds. The minimum absolute atomic E-state index is 0.0585. The summed E-state index contributed by atoms with van der Waals surface area (Å²) >= 11 is 0. The first kappa shape index (κ1) is 16.9. The predicted molar refractivity (Wildman–Crippen MR) is 84.5 cm³/mol. The predicted octanol–water partition coefficient (Wildman–Crippen LogP) is 1.06. The van der Waals surface area contributed by atoms with Crippen molar-refractivity contribution in [1.29, 1.82) is 0 Å². The molecule has 0 aromatic carbocycles. The first-order chi connectivity index (χ1) is 9.86. The number of nitrogens with one attached hydrogen (secondary N) is 4. The molecular weight excluding hydrogens is 270 g/mol. The molecule has 0 aliphatic heterocycles. The van der Waals surface area contributed by atoms with E-state index in [4.69, 9.17) is 0 Å². The lowest BCUT2D eigenvalue weighted by Crippen LogP contribution is -2.27. The summed E-state index contributed by atoms with van der Waals surface area (Å²) in [6, 6.07) is 0.457. The molecule has 0 atom stereocenters. The molecule has 0 bridgehead atoms. The summed E-state index contributed by atoms with van der Waals surface area (Å²) in [6.45, 7) is 10.6. The third-order valence-corrected chi connectivity index (χ3v) is 2.25.